The van der Waals surface area contributed by atoms with Gasteiger partial charge in [0.15, 0.2) is 5.78 Å². The Labute approximate surface area is 137 Å². The highest BCUT2D eigenvalue weighted by molar-refractivity contribution is 5.97. The van der Waals surface area contributed by atoms with Crippen molar-refractivity contribution in [3.63, 3.8) is 0 Å². The van der Waals surface area contributed by atoms with E-state index in [1.54, 1.807) is 17.1 Å². The molecule has 23 heavy (non-hydrogen) atoms. The quantitative estimate of drug-likeness (QED) is 0.291. The molecule has 2 rings (SSSR count). The Kier molecular flexibility index (Phi) is 6.99. The Morgan fingerprint density at radius 1 is 1.22 bits per heavy atom. The van der Waals surface area contributed by atoms with Crippen LogP contribution >= 0.6 is 0 Å². The molecule has 0 saturated heterocycles. The van der Waals surface area contributed by atoms with E-state index in [0.717, 1.165) is 11.1 Å². The van der Waals surface area contributed by atoms with Gasteiger partial charge in [0.2, 0.25) is 0 Å². The first-order chi connectivity index (χ1) is 11.0. The molecule has 6 nitrogen and oxygen atoms in total. The van der Waals surface area contributed by atoms with Crippen molar-refractivity contribution in [1.82, 2.24) is 9.78 Å². The maximum absolute atomic E-state index is 11.9. The fourth-order valence-electron chi connectivity index (χ4n) is 1.95. The lowest BCUT2D eigenvalue weighted by Crippen LogP contribution is -2.15. The Morgan fingerprint density at radius 2 is 1.83 bits per heavy atom. The maximum atomic E-state index is 11.9. The third-order valence-electron chi connectivity index (χ3n) is 3.18. The monoisotopic (exact) mass is 315 g/mol. The maximum Gasteiger partial charge on any atom is 0.168 e. The molecule has 0 amide bonds. The summed E-state index contributed by atoms with van der Waals surface area (Å²) in [6.45, 7) is 8.34. The van der Waals surface area contributed by atoms with Gasteiger partial charge < -0.3 is 11.6 Å². The first-order valence-electron chi connectivity index (χ1n) is 7.70. The van der Waals surface area contributed by atoms with Gasteiger partial charge in [-0.1, -0.05) is 52.0 Å². The number of Topliss-reactive ketones (excluding diaryl/α,β-unsaturated/α-hetero) is 1. The summed E-state index contributed by atoms with van der Waals surface area (Å²) in [5.74, 6) is 5.51. The summed E-state index contributed by atoms with van der Waals surface area (Å²) in [6.07, 6.45) is 3.38. The van der Waals surface area contributed by atoms with Gasteiger partial charge in [-0.05, 0) is 5.56 Å². The molecule has 1 aromatic heterocycles. The molecule has 0 aliphatic heterocycles. The highest BCUT2D eigenvalue weighted by Crippen LogP contribution is 2.10. The van der Waals surface area contributed by atoms with E-state index < -0.39 is 0 Å². The number of hydrazone groups is 1. The van der Waals surface area contributed by atoms with E-state index in [-0.39, 0.29) is 11.7 Å². The summed E-state index contributed by atoms with van der Waals surface area (Å²) in [5, 5.41) is 7.67. The highest BCUT2D eigenvalue weighted by Gasteiger charge is 2.12. The van der Waals surface area contributed by atoms with Crippen LogP contribution in [0.5, 0.6) is 0 Å². The van der Waals surface area contributed by atoms with Crippen LogP contribution in [-0.2, 0) is 6.54 Å². The molecule has 1 heterocycles. The van der Waals surface area contributed by atoms with Crippen LogP contribution in [0.2, 0.25) is 0 Å². The van der Waals surface area contributed by atoms with Gasteiger partial charge in [0.1, 0.15) is 5.84 Å². The lowest BCUT2D eigenvalue weighted by molar-refractivity contribution is 0.0939. The molecule has 0 bridgehead atoms. The van der Waals surface area contributed by atoms with Crippen LogP contribution in [0.15, 0.2) is 41.8 Å². The summed E-state index contributed by atoms with van der Waals surface area (Å²) >= 11 is 0. The van der Waals surface area contributed by atoms with Gasteiger partial charge in [0.05, 0.1) is 18.3 Å². The fraction of sp³-hybridized carbons (Fsp3) is 0.353. The predicted molar refractivity (Wildman–Crippen MR) is 93.2 cm³/mol. The zero-order chi connectivity index (χ0) is 17.4. The third-order valence-corrected chi connectivity index (χ3v) is 3.18. The molecule has 0 saturated carbocycles. The Hall–Kier alpha value is -2.63. The average Bonchev–Trinajstić information content (AvgIpc) is 3.04. The fourth-order valence-corrected chi connectivity index (χ4v) is 1.95. The normalized spacial score (nSPS) is 11.1. The Balaban J connectivity index is 0.00000127. The van der Waals surface area contributed by atoms with E-state index in [2.05, 4.69) is 10.2 Å². The molecular formula is C17H25N5O. The molecule has 0 unspecified atom stereocenters. The minimum atomic E-state index is -0.0274. The van der Waals surface area contributed by atoms with Crippen LogP contribution in [0.3, 0.4) is 0 Å². The minimum absolute atomic E-state index is 0.0274. The van der Waals surface area contributed by atoms with E-state index in [9.17, 15) is 4.79 Å². The lowest BCUT2D eigenvalue weighted by atomic mass is 10.0. The number of ketones is 1. The van der Waals surface area contributed by atoms with E-state index in [0.29, 0.717) is 17.9 Å². The number of benzene rings is 1. The van der Waals surface area contributed by atoms with Crippen molar-refractivity contribution in [2.24, 2.45) is 22.6 Å². The summed E-state index contributed by atoms with van der Waals surface area (Å²) in [5.41, 5.74) is 8.10. The summed E-state index contributed by atoms with van der Waals surface area (Å²) in [7, 11) is 0. The smallest absolute Gasteiger partial charge is 0.168 e. The molecular weight excluding hydrogens is 290 g/mol. The number of rotatable bonds is 5. The molecule has 1 aromatic carbocycles. The zero-order valence-electron chi connectivity index (χ0n) is 14.2. The number of carbonyl (C=O) groups excluding carboxylic acids is 1. The molecule has 0 radical (unpaired) electrons. The van der Waals surface area contributed by atoms with Gasteiger partial charge in [0.25, 0.3) is 0 Å². The van der Waals surface area contributed by atoms with E-state index in [4.69, 9.17) is 11.6 Å². The van der Waals surface area contributed by atoms with Crippen molar-refractivity contribution in [3.8, 4) is 0 Å². The largest absolute Gasteiger partial charge is 0.382 e. The number of hydrogen-bond acceptors (Lipinski definition) is 4. The van der Waals surface area contributed by atoms with Crippen molar-refractivity contribution >= 4 is 11.6 Å². The average molecular weight is 315 g/mol. The van der Waals surface area contributed by atoms with Crippen molar-refractivity contribution < 1.29 is 4.79 Å². The van der Waals surface area contributed by atoms with Crippen molar-refractivity contribution in [3.05, 3.63) is 53.3 Å². The van der Waals surface area contributed by atoms with Crippen LogP contribution in [-0.4, -0.2) is 21.4 Å². The Bertz CT molecular complexity index is 656. The van der Waals surface area contributed by atoms with E-state index >= 15 is 0 Å². The summed E-state index contributed by atoms with van der Waals surface area (Å²) in [6, 6.07) is 7.56. The van der Waals surface area contributed by atoms with Gasteiger partial charge in [-0.25, -0.2) is 0 Å². The van der Waals surface area contributed by atoms with Crippen LogP contribution in [0.1, 0.15) is 49.2 Å². The second kappa shape index (κ2) is 8.73. The zero-order valence-corrected chi connectivity index (χ0v) is 14.2. The summed E-state index contributed by atoms with van der Waals surface area (Å²) < 4.78 is 1.74. The third kappa shape index (κ3) is 4.95. The number of amidine groups is 1. The molecule has 0 aliphatic rings. The van der Waals surface area contributed by atoms with Crippen LogP contribution in [0.4, 0.5) is 0 Å². The second-order valence-corrected chi connectivity index (χ2v) is 5.16. The Morgan fingerprint density at radius 3 is 2.35 bits per heavy atom. The first-order valence-corrected chi connectivity index (χ1v) is 7.70. The number of aromatic nitrogens is 2. The van der Waals surface area contributed by atoms with Crippen LogP contribution < -0.4 is 11.6 Å². The lowest BCUT2D eigenvalue weighted by Gasteiger charge is -2.04. The number of carbonyl (C=O) groups is 1. The van der Waals surface area contributed by atoms with Crippen LogP contribution in [0.25, 0.3) is 0 Å². The SMILES string of the molecule is CC.CC(C)C(=O)c1cnn(Cc2ccc(/C(N)=N/N)cc2)c1. The number of nitrogens with zero attached hydrogens (tertiary/aromatic N) is 3. The summed E-state index contributed by atoms with van der Waals surface area (Å²) in [4.78, 5) is 11.9. The highest BCUT2D eigenvalue weighted by atomic mass is 16.1. The van der Waals surface area contributed by atoms with Gasteiger partial charge in [-0.15, -0.1) is 0 Å². The molecule has 0 atom stereocenters. The molecule has 2 aromatic rings. The second-order valence-electron chi connectivity index (χ2n) is 5.16. The molecule has 0 spiro atoms. The van der Waals surface area contributed by atoms with Gasteiger partial charge >= 0.3 is 0 Å². The standard InChI is InChI=1S/C15H19N5O.C2H6/c1-10(2)14(21)13-7-18-20(9-13)8-11-3-5-12(6-4-11)15(16)19-17;1-2/h3-7,9-10H,8,17H2,1-2H3,(H2,16,19);1-2H3. The first kappa shape index (κ1) is 18.4. The topological polar surface area (TPSA) is 99.3 Å². The number of nitrogens with two attached hydrogens (primary N) is 2. The molecule has 124 valence electrons. The molecule has 6 heteroatoms. The van der Waals surface area contributed by atoms with Gasteiger partial charge in [0, 0.05) is 17.7 Å². The number of hydrogen-bond donors (Lipinski definition) is 2. The van der Waals surface area contributed by atoms with Crippen LogP contribution in [0, 0.1) is 5.92 Å². The van der Waals surface area contributed by atoms with E-state index in [1.165, 1.54) is 0 Å². The van der Waals surface area contributed by atoms with Gasteiger partial charge in [-0.3, -0.25) is 9.48 Å². The molecule has 0 aliphatic carbocycles. The minimum Gasteiger partial charge on any atom is -0.382 e. The van der Waals surface area contributed by atoms with Gasteiger partial charge in [-0.2, -0.15) is 10.2 Å². The predicted octanol–water partition coefficient (Wildman–Crippen LogP) is 2.38. The van der Waals surface area contributed by atoms with E-state index in [1.807, 2.05) is 52.0 Å². The van der Waals surface area contributed by atoms with Crippen molar-refractivity contribution in [2.45, 2.75) is 34.2 Å². The molecule has 0 fully saturated rings. The van der Waals surface area contributed by atoms with Crippen molar-refractivity contribution in [1.29, 1.82) is 0 Å². The van der Waals surface area contributed by atoms with Crippen molar-refractivity contribution in [2.75, 3.05) is 0 Å². The molecule has 4 N–H and O–H groups in total.